The van der Waals surface area contributed by atoms with Crippen molar-refractivity contribution in [3.05, 3.63) is 29.8 Å². The first kappa shape index (κ1) is 18.7. The molecule has 114 valence electrons. The lowest BCUT2D eigenvalue weighted by Gasteiger charge is -2.06. The van der Waals surface area contributed by atoms with Gasteiger partial charge in [0.25, 0.3) is 0 Å². The van der Waals surface area contributed by atoms with E-state index >= 15 is 0 Å². The predicted octanol–water partition coefficient (Wildman–Crippen LogP) is 1.40. The number of nitrogens with one attached hydrogen (secondary N) is 1. The fourth-order valence-electron chi connectivity index (χ4n) is 1.51. The van der Waals surface area contributed by atoms with Crippen LogP contribution in [-0.4, -0.2) is 38.9 Å². The number of carbonyl (C=O) groups is 1. The zero-order valence-corrected chi connectivity index (χ0v) is 12.6. The maximum atomic E-state index is 11.4. The second kappa shape index (κ2) is 11.5. The molecule has 0 bridgehead atoms. The van der Waals surface area contributed by atoms with Crippen LogP contribution in [0.25, 0.3) is 0 Å². The van der Waals surface area contributed by atoms with Crippen LogP contribution in [0.5, 0.6) is 0 Å². The van der Waals surface area contributed by atoms with Gasteiger partial charge in [-0.3, -0.25) is 4.79 Å². The first-order valence-corrected chi connectivity index (χ1v) is 6.49. The van der Waals surface area contributed by atoms with E-state index in [2.05, 4.69) is 5.32 Å². The van der Waals surface area contributed by atoms with Gasteiger partial charge in [-0.05, 0) is 31.0 Å². The molecule has 0 aliphatic heterocycles. The number of hydrogen-bond acceptors (Lipinski definition) is 4. The summed E-state index contributed by atoms with van der Waals surface area (Å²) in [5.74, 6) is -0.105. The van der Waals surface area contributed by atoms with Crippen LogP contribution < -0.4 is 11.1 Å². The largest absolute Gasteiger partial charge is 0.399 e. The van der Waals surface area contributed by atoms with Crippen LogP contribution in [0.3, 0.4) is 0 Å². The van der Waals surface area contributed by atoms with Crippen molar-refractivity contribution in [1.82, 2.24) is 5.32 Å². The molecule has 1 rings (SSSR count). The lowest BCUT2D eigenvalue weighted by atomic mass is 10.1. The van der Waals surface area contributed by atoms with Crippen molar-refractivity contribution in [3.8, 4) is 0 Å². The number of hydrogen-bond donors (Lipinski definition) is 2. The molecule has 3 N–H and O–H groups in total. The summed E-state index contributed by atoms with van der Waals surface area (Å²) in [6.45, 7) is 4.22. The highest BCUT2D eigenvalue weighted by Crippen LogP contribution is 2.05. The molecule has 0 saturated carbocycles. The Hall–Kier alpha value is -1.30. The van der Waals surface area contributed by atoms with Crippen LogP contribution in [0.1, 0.15) is 12.5 Å². The zero-order chi connectivity index (χ0) is 13.9. The van der Waals surface area contributed by atoms with E-state index in [0.717, 1.165) is 17.7 Å². The molecule has 0 radical (unpaired) electrons. The molecule has 0 aromatic heterocycles. The number of ether oxygens (including phenoxy) is 2. The van der Waals surface area contributed by atoms with E-state index < -0.39 is 0 Å². The number of benzene rings is 1. The van der Waals surface area contributed by atoms with Gasteiger partial charge in [0.1, 0.15) is 6.61 Å². The summed E-state index contributed by atoms with van der Waals surface area (Å²) in [5, 5.41) is 2.80. The number of halogens is 1. The van der Waals surface area contributed by atoms with Crippen molar-refractivity contribution in [3.63, 3.8) is 0 Å². The standard InChI is InChI=1S/C14H22N2O3.ClH/c1-2-18-9-10-19-11-14(17)16-8-7-12-3-5-13(15)6-4-12;/h3-6H,2,7-11,15H2,1H3,(H,16,17);1H. The second-order valence-electron chi connectivity index (χ2n) is 4.09. The summed E-state index contributed by atoms with van der Waals surface area (Å²) in [6.07, 6.45) is 0.783. The fourth-order valence-corrected chi connectivity index (χ4v) is 1.51. The van der Waals surface area contributed by atoms with Crippen molar-refractivity contribution < 1.29 is 14.3 Å². The van der Waals surface area contributed by atoms with Crippen molar-refractivity contribution in [1.29, 1.82) is 0 Å². The Morgan fingerprint density at radius 2 is 1.85 bits per heavy atom. The maximum Gasteiger partial charge on any atom is 0.246 e. The second-order valence-corrected chi connectivity index (χ2v) is 4.09. The molecule has 0 atom stereocenters. The molecule has 0 aliphatic rings. The van der Waals surface area contributed by atoms with E-state index in [1.54, 1.807) is 0 Å². The lowest BCUT2D eigenvalue weighted by Crippen LogP contribution is -2.29. The highest BCUT2D eigenvalue weighted by atomic mass is 35.5. The lowest BCUT2D eigenvalue weighted by molar-refractivity contribution is -0.126. The van der Waals surface area contributed by atoms with E-state index in [9.17, 15) is 4.79 Å². The Kier molecular flexibility index (Phi) is 10.8. The molecule has 20 heavy (non-hydrogen) atoms. The van der Waals surface area contributed by atoms with Crippen LogP contribution in [0.15, 0.2) is 24.3 Å². The highest BCUT2D eigenvalue weighted by molar-refractivity contribution is 5.85. The molecule has 1 aromatic rings. The van der Waals surface area contributed by atoms with Crippen molar-refractivity contribution in [2.45, 2.75) is 13.3 Å². The summed E-state index contributed by atoms with van der Waals surface area (Å²) >= 11 is 0. The highest BCUT2D eigenvalue weighted by Gasteiger charge is 2.01. The minimum Gasteiger partial charge on any atom is -0.399 e. The molecular formula is C14H23ClN2O3. The summed E-state index contributed by atoms with van der Waals surface area (Å²) in [7, 11) is 0. The summed E-state index contributed by atoms with van der Waals surface area (Å²) < 4.78 is 10.3. The van der Waals surface area contributed by atoms with Gasteiger partial charge in [0.15, 0.2) is 0 Å². The first-order chi connectivity index (χ1) is 9.22. The normalized spacial score (nSPS) is 9.85. The van der Waals surface area contributed by atoms with Crippen LogP contribution in [0.2, 0.25) is 0 Å². The van der Waals surface area contributed by atoms with Crippen LogP contribution in [0, 0.1) is 0 Å². The molecule has 0 fully saturated rings. The summed E-state index contributed by atoms with van der Waals surface area (Å²) in [4.78, 5) is 11.4. The maximum absolute atomic E-state index is 11.4. The Morgan fingerprint density at radius 3 is 2.50 bits per heavy atom. The monoisotopic (exact) mass is 302 g/mol. The molecule has 6 heteroatoms. The van der Waals surface area contributed by atoms with Gasteiger partial charge in [-0.1, -0.05) is 12.1 Å². The topological polar surface area (TPSA) is 73.6 Å². The molecule has 0 saturated heterocycles. The van der Waals surface area contributed by atoms with E-state index in [0.29, 0.717) is 26.4 Å². The van der Waals surface area contributed by atoms with Gasteiger partial charge in [0, 0.05) is 18.8 Å². The van der Waals surface area contributed by atoms with E-state index in [-0.39, 0.29) is 24.9 Å². The summed E-state index contributed by atoms with van der Waals surface area (Å²) in [6, 6.07) is 7.63. The third kappa shape index (κ3) is 8.74. The van der Waals surface area contributed by atoms with Crippen LogP contribution in [0.4, 0.5) is 5.69 Å². The van der Waals surface area contributed by atoms with Gasteiger partial charge in [0.2, 0.25) is 5.91 Å². The van der Waals surface area contributed by atoms with Gasteiger partial charge in [-0.15, -0.1) is 12.4 Å². The van der Waals surface area contributed by atoms with Crippen molar-refractivity contribution >= 4 is 24.0 Å². The third-order valence-electron chi connectivity index (χ3n) is 2.52. The molecule has 0 heterocycles. The number of carbonyl (C=O) groups excluding carboxylic acids is 1. The Balaban J connectivity index is 0.00000361. The van der Waals surface area contributed by atoms with E-state index in [1.807, 2.05) is 31.2 Å². The van der Waals surface area contributed by atoms with Gasteiger partial charge >= 0.3 is 0 Å². The average molecular weight is 303 g/mol. The smallest absolute Gasteiger partial charge is 0.246 e. The Labute approximate surface area is 126 Å². The van der Waals surface area contributed by atoms with Crippen molar-refractivity contribution in [2.24, 2.45) is 0 Å². The zero-order valence-electron chi connectivity index (χ0n) is 11.8. The molecule has 0 spiro atoms. The summed E-state index contributed by atoms with van der Waals surface area (Å²) in [5.41, 5.74) is 7.49. The molecule has 5 nitrogen and oxygen atoms in total. The number of amides is 1. The van der Waals surface area contributed by atoms with E-state index in [1.165, 1.54) is 0 Å². The quantitative estimate of drug-likeness (QED) is 0.534. The Morgan fingerprint density at radius 1 is 1.20 bits per heavy atom. The number of nitrogens with two attached hydrogens (primary N) is 1. The molecule has 1 amide bonds. The average Bonchev–Trinajstić information content (AvgIpc) is 2.41. The minimum atomic E-state index is -0.105. The fraction of sp³-hybridized carbons (Fsp3) is 0.500. The molecule has 1 aromatic carbocycles. The van der Waals surface area contributed by atoms with Gasteiger partial charge in [-0.25, -0.2) is 0 Å². The van der Waals surface area contributed by atoms with Gasteiger partial charge < -0.3 is 20.5 Å². The van der Waals surface area contributed by atoms with E-state index in [4.69, 9.17) is 15.2 Å². The van der Waals surface area contributed by atoms with Crippen LogP contribution in [-0.2, 0) is 20.7 Å². The first-order valence-electron chi connectivity index (χ1n) is 6.49. The predicted molar refractivity (Wildman–Crippen MR) is 82.1 cm³/mol. The molecular weight excluding hydrogens is 280 g/mol. The number of anilines is 1. The minimum absolute atomic E-state index is 0. The van der Waals surface area contributed by atoms with Crippen LogP contribution >= 0.6 is 12.4 Å². The SMILES string of the molecule is CCOCCOCC(=O)NCCc1ccc(N)cc1.Cl. The number of rotatable bonds is 9. The Bertz CT molecular complexity index is 371. The third-order valence-corrected chi connectivity index (χ3v) is 2.52. The molecule has 0 aliphatic carbocycles. The number of nitrogen functional groups attached to an aromatic ring is 1. The van der Waals surface area contributed by atoms with Gasteiger partial charge in [0.05, 0.1) is 13.2 Å². The van der Waals surface area contributed by atoms with Crippen molar-refractivity contribution in [2.75, 3.05) is 38.7 Å². The van der Waals surface area contributed by atoms with Gasteiger partial charge in [-0.2, -0.15) is 0 Å². The molecule has 0 unspecified atom stereocenters.